The molecular formula is C13H13ClN2O. The number of nitrogens with zero attached hydrogens (tertiary/aromatic N) is 2. The monoisotopic (exact) mass is 248 g/mol. The molecule has 0 aliphatic carbocycles. The molecule has 0 aliphatic heterocycles. The van der Waals surface area contributed by atoms with E-state index in [0.29, 0.717) is 11.8 Å². The van der Waals surface area contributed by atoms with Crippen LogP contribution >= 0.6 is 11.6 Å². The van der Waals surface area contributed by atoms with E-state index in [1.54, 1.807) is 12.4 Å². The number of benzene rings is 1. The van der Waals surface area contributed by atoms with Gasteiger partial charge in [0.15, 0.2) is 0 Å². The summed E-state index contributed by atoms with van der Waals surface area (Å²) in [7, 11) is 0. The first-order valence-electron chi connectivity index (χ1n) is 5.31. The van der Waals surface area contributed by atoms with Crippen LogP contribution in [0.5, 0.6) is 11.6 Å². The van der Waals surface area contributed by atoms with Crippen LogP contribution in [0.15, 0.2) is 30.6 Å². The first kappa shape index (κ1) is 11.9. The molecule has 2 rings (SSSR count). The second kappa shape index (κ2) is 5.15. The summed E-state index contributed by atoms with van der Waals surface area (Å²) in [5.74, 6) is 1.64. The molecule has 1 aromatic heterocycles. The Labute approximate surface area is 105 Å². The maximum Gasteiger partial charge on any atom is 0.237 e. The SMILES string of the molecule is Cc1cccc(Oc2cnc(CCl)cn2)c1C. The minimum Gasteiger partial charge on any atom is -0.437 e. The third-order valence-corrected chi connectivity index (χ3v) is 2.86. The standard InChI is InChI=1S/C13H13ClN2O/c1-9-4-3-5-12(10(9)2)17-13-8-15-11(6-14)7-16-13/h3-5,7-8H,6H2,1-2H3. The Balaban J connectivity index is 2.22. The van der Waals surface area contributed by atoms with Gasteiger partial charge < -0.3 is 4.74 Å². The largest absolute Gasteiger partial charge is 0.437 e. The highest BCUT2D eigenvalue weighted by molar-refractivity contribution is 6.16. The summed E-state index contributed by atoms with van der Waals surface area (Å²) >= 11 is 5.64. The fourth-order valence-corrected chi connectivity index (χ4v) is 1.55. The second-order valence-electron chi connectivity index (χ2n) is 3.78. The van der Waals surface area contributed by atoms with E-state index in [9.17, 15) is 0 Å². The van der Waals surface area contributed by atoms with Crippen molar-refractivity contribution >= 4 is 11.6 Å². The van der Waals surface area contributed by atoms with Crippen molar-refractivity contribution in [3.05, 3.63) is 47.4 Å². The quantitative estimate of drug-likeness (QED) is 0.778. The van der Waals surface area contributed by atoms with Crippen LogP contribution < -0.4 is 4.74 Å². The number of hydrogen-bond donors (Lipinski definition) is 0. The molecule has 0 saturated carbocycles. The highest BCUT2D eigenvalue weighted by Crippen LogP contribution is 2.25. The Morgan fingerprint density at radius 2 is 2.00 bits per heavy atom. The van der Waals surface area contributed by atoms with E-state index >= 15 is 0 Å². The van der Waals surface area contributed by atoms with Gasteiger partial charge in [-0.25, -0.2) is 4.98 Å². The average molecular weight is 249 g/mol. The van der Waals surface area contributed by atoms with Crippen molar-refractivity contribution in [2.75, 3.05) is 0 Å². The minimum atomic E-state index is 0.358. The number of hydrogen-bond acceptors (Lipinski definition) is 3. The Morgan fingerprint density at radius 1 is 1.18 bits per heavy atom. The number of rotatable bonds is 3. The number of halogens is 1. The molecule has 0 bridgehead atoms. The molecule has 1 heterocycles. The zero-order valence-corrected chi connectivity index (χ0v) is 10.5. The van der Waals surface area contributed by atoms with Crippen molar-refractivity contribution in [3.63, 3.8) is 0 Å². The van der Waals surface area contributed by atoms with Crippen LogP contribution in [0.1, 0.15) is 16.8 Å². The van der Waals surface area contributed by atoms with Crippen molar-refractivity contribution in [2.45, 2.75) is 19.7 Å². The van der Waals surface area contributed by atoms with Crippen molar-refractivity contribution in [3.8, 4) is 11.6 Å². The van der Waals surface area contributed by atoms with Gasteiger partial charge in [0.2, 0.25) is 5.88 Å². The van der Waals surface area contributed by atoms with Crippen LogP contribution in [0, 0.1) is 13.8 Å². The Hall–Kier alpha value is -1.61. The maximum atomic E-state index is 5.67. The Morgan fingerprint density at radius 3 is 2.65 bits per heavy atom. The van der Waals surface area contributed by atoms with Crippen LogP contribution in [-0.4, -0.2) is 9.97 Å². The molecule has 0 amide bonds. The fourth-order valence-electron chi connectivity index (χ4n) is 1.41. The Bertz CT molecular complexity index is 511. The molecule has 0 N–H and O–H groups in total. The molecular weight excluding hydrogens is 236 g/mol. The van der Waals surface area contributed by atoms with Gasteiger partial charge in [-0.2, -0.15) is 0 Å². The van der Waals surface area contributed by atoms with Crippen LogP contribution in [0.3, 0.4) is 0 Å². The summed E-state index contributed by atoms with van der Waals surface area (Å²) in [4.78, 5) is 8.27. The van der Waals surface area contributed by atoms with Crippen LogP contribution in [-0.2, 0) is 5.88 Å². The normalized spacial score (nSPS) is 10.3. The van der Waals surface area contributed by atoms with Gasteiger partial charge in [0.25, 0.3) is 0 Å². The summed E-state index contributed by atoms with van der Waals surface area (Å²) in [6, 6.07) is 5.92. The highest BCUT2D eigenvalue weighted by atomic mass is 35.5. The molecule has 1 aromatic carbocycles. The third-order valence-electron chi connectivity index (χ3n) is 2.59. The van der Waals surface area contributed by atoms with Crippen LogP contribution in [0.2, 0.25) is 0 Å². The van der Waals surface area contributed by atoms with Gasteiger partial charge in [-0.05, 0) is 31.0 Å². The molecule has 0 atom stereocenters. The summed E-state index contributed by atoms with van der Waals surface area (Å²) in [5.41, 5.74) is 3.03. The molecule has 0 fully saturated rings. The lowest BCUT2D eigenvalue weighted by Gasteiger charge is -2.09. The zero-order chi connectivity index (χ0) is 12.3. The molecule has 0 unspecified atom stereocenters. The number of alkyl halides is 1. The maximum absolute atomic E-state index is 5.67. The van der Waals surface area contributed by atoms with E-state index in [1.165, 1.54) is 5.56 Å². The predicted molar refractivity (Wildman–Crippen MR) is 67.6 cm³/mol. The van der Waals surface area contributed by atoms with E-state index in [4.69, 9.17) is 16.3 Å². The molecule has 88 valence electrons. The molecule has 0 radical (unpaired) electrons. The minimum absolute atomic E-state index is 0.358. The van der Waals surface area contributed by atoms with Crippen molar-refractivity contribution in [2.24, 2.45) is 0 Å². The van der Waals surface area contributed by atoms with E-state index in [-0.39, 0.29) is 0 Å². The zero-order valence-electron chi connectivity index (χ0n) is 9.77. The summed E-state index contributed by atoms with van der Waals surface area (Å²) in [6.45, 7) is 4.07. The van der Waals surface area contributed by atoms with E-state index in [0.717, 1.165) is 17.0 Å². The fraction of sp³-hybridized carbons (Fsp3) is 0.231. The molecule has 17 heavy (non-hydrogen) atoms. The van der Waals surface area contributed by atoms with E-state index < -0.39 is 0 Å². The first-order valence-corrected chi connectivity index (χ1v) is 5.85. The number of aromatic nitrogens is 2. The van der Waals surface area contributed by atoms with Crippen LogP contribution in [0.4, 0.5) is 0 Å². The average Bonchev–Trinajstić information content (AvgIpc) is 2.36. The first-order chi connectivity index (χ1) is 8.20. The number of ether oxygens (including phenoxy) is 1. The van der Waals surface area contributed by atoms with Gasteiger partial charge in [-0.15, -0.1) is 11.6 Å². The van der Waals surface area contributed by atoms with Gasteiger partial charge in [0.1, 0.15) is 5.75 Å². The van der Waals surface area contributed by atoms with E-state index in [1.807, 2.05) is 32.0 Å². The lowest BCUT2D eigenvalue weighted by molar-refractivity contribution is 0.455. The van der Waals surface area contributed by atoms with Gasteiger partial charge >= 0.3 is 0 Å². The lowest BCUT2D eigenvalue weighted by Crippen LogP contribution is -1.94. The van der Waals surface area contributed by atoms with Gasteiger partial charge in [0.05, 0.1) is 24.0 Å². The van der Waals surface area contributed by atoms with Crippen molar-refractivity contribution < 1.29 is 4.74 Å². The molecule has 0 aliphatic rings. The molecule has 2 aromatic rings. The third kappa shape index (κ3) is 2.74. The van der Waals surface area contributed by atoms with Crippen LogP contribution in [0.25, 0.3) is 0 Å². The predicted octanol–water partition coefficient (Wildman–Crippen LogP) is 3.62. The van der Waals surface area contributed by atoms with Gasteiger partial charge in [0, 0.05) is 0 Å². The highest BCUT2D eigenvalue weighted by Gasteiger charge is 2.04. The molecule has 4 heteroatoms. The van der Waals surface area contributed by atoms with Crippen molar-refractivity contribution in [1.82, 2.24) is 9.97 Å². The molecule has 0 saturated heterocycles. The van der Waals surface area contributed by atoms with E-state index in [2.05, 4.69) is 9.97 Å². The van der Waals surface area contributed by atoms with Crippen molar-refractivity contribution in [1.29, 1.82) is 0 Å². The second-order valence-corrected chi connectivity index (χ2v) is 4.05. The Kier molecular flexibility index (Phi) is 3.59. The number of aryl methyl sites for hydroxylation is 1. The lowest BCUT2D eigenvalue weighted by atomic mass is 10.1. The summed E-state index contributed by atoms with van der Waals surface area (Å²) in [5, 5.41) is 0. The smallest absolute Gasteiger partial charge is 0.237 e. The van der Waals surface area contributed by atoms with Gasteiger partial charge in [-0.3, -0.25) is 4.98 Å². The summed E-state index contributed by atoms with van der Waals surface area (Å²) < 4.78 is 5.67. The molecule has 0 spiro atoms. The van der Waals surface area contributed by atoms with Gasteiger partial charge in [-0.1, -0.05) is 12.1 Å². The summed E-state index contributed by atoms with van der Waals surface area (Å²) in [6.07, 6.45) is 3.20. The molecule has 3 nitrogen and oxygen atoms in total. The topological polar surface area (TPSA) is 35.0 Å².